The maximum atomic E-state index is 10.7. The number of fused-ring (bicyclic) bond motifs is 1. The number of hydrogen-bond donors (Lipinski definition) is 2. The maximum absolute atomic E-state index is 10.7. The van der Waals surface area contributed by atoms with Crippen molar-refractivity contribution in [1.29, 1.82) is 0 Å². The van der Waals surface area contributed by atoms with Gasteiger partial charge in [0.25, 0.3) is 0 Å². The minimum atomic E-state index is -1.11. The van der Waals surface area contributed by atoms with Crippen molar-refractivity contribution >= 4 is 17.1 Å². The van der Waals surface area contributed by atoms with Crippen molar-refractivity contribution < 1.29 is 14.7 Å². The van der Waals surface area contributed by atoms with Crippen molar-refractivity contribution in [3.05, 3.63) is 30.1 Å². The predicted octanol–water partition coefficient (Wildman–Crippen LogP) is 1.65. The van der Waals surface area contributed by atoms with E-state index in [1.807, 2.05) is 24.3 Å². The summed E-state index contributed by atoms with van der Waals surface area (Å²) in [6.45, 7) is 0.242. The Hall–Kier alpha value is -2.08. The number of nitrogens with zero attached hydrogens (tertiary/aromatic N) is 2. The van der Waals surface area contributed by atoms with Gasteiger partial charge in [0.05, 0.1) is 24.7 Å². The molecule has 0 radical (unpaired) electrons. The zero-order chi connectivity index (χ0) is 12.3. The van der Waals surface area contributed by atoms with Gasteiger partial charge in [-0.3, -0.25) is 4.84 Å². The molecule has 0 saturated heterocycles. The van der Waals surface area contributed by atoms with E-state index in [0.29, 0.717) is 6.42 Å². The molecule has 2 aromatic rings. The Bertz CT molecular complexity index is 490. The van der Waals surface area contributed by atoms with E-state index >= 15 is 0 Å². The smallest absolute Gasteiger partial charge is 0.431 e. The molecule has 0 atom stereocenters. The molecule has 6 heteroatoms. The second-order valence-electron chi connectivity index (χ2n) is 3.52. The van der Waals surface area contributed by atoms with Crippen molar-refractivity contribution in [3.8, 4) is 0 Å². The van der Waals surface area contributed by atoms with Crippen LogP contribution in [0.4, 0.5) is 4.79 Å². The highest BCUT2D eigenvalue weighted by atomic mass is 16.7. The highest BCUT2D eigenvalue weighted by Gasteiger charge is 2.11. The lowest BCUT2D eigenvalue weighted by Gasteiger charge is -2.14. The number of H-pyrrole nitrogens is 1. The number of amides is 1. The molecule has 1 aromatic heterocycles. The van der Waals surface area contributed by atoms with Crippen LogP contribution < -0.4 is 0 Å². The Morgan fingerprint density at radius 1 is 1.53 bits per heavy atom. The van der Waals surface area contributed by atoms with Gasteiger partial charge in [-0.15, -0.1) is 0 Å². The summed E-state index contributed by atoms with van der Waals surface area (Å²) in [5, 5.41) is 9.63. The third kappa shape index (κ3) is 2.54. The molecule has 1 amide bonds. The number of hydroxylamine groups is 2. The predicted molar refractivity (Wildman–Crippen MR) is 61.5 cm³/mol. The summed E-state index contributed by atoms with van der Waals surface area (Å²) < 4.78 is 0. The fraction of sp³-hybridized carbons (Fsp3) is 0.273. The van der Waals surface area contributed by atoms with Gasteiger partial charge in [0.15, 0.2) is 0 Å². The van der Waals surface area contributed by atoms with E-state index in [9.17, 15) is 4.79 Å². The molecule has 0 spiro atoms. The zero-order valence-electron chi connectivity index (χ0n) is 9.38. The molecule has 0 saturated carbocycles. The van der Waals surface area contributed by atoms with Crippen molar-refractivity contribution in [2.75, 3.05) is 13.7 Å². The topological polar surface area (TPSA) is 78.5 Å². The molecule has 90 valence electrons. The van der Waals surface area contributed by atoms with E-state index in [1.54, 1.807) is 0 Å². The van der Waals surface area contributed by atoms with Crippen LogP contribution >= 0.6 is 0 Å². The van der Waals surface area contributed by atoms with E-state index in [-0.39, 0.29) is 6.54 Å². The Kier molecular flexibility index (Phi) is 3.24. The number of aromatic nitrogens is 2. The fourth-order valence-corrected chi connectivity index (χ4v) is 1.60. The Morgan fingerprint density at radius 3 is 2.94 bits per heavy atom. The first kappa shape index (κ1) is 11.4. The van der Waals surface area contributed by atoms with E-state index in [0.717, 1.165) is 21.9 Å². The van der Waals surface area contributed by atoms with Crippen LogP contribution in [0, 0.1) is 0 Å². The van der Waals surface area contributed by atoms with Gasteiger partial charge in [0.2, 0.25) is 0 Å². The Labute approximate surface area is 97.8 Å². The molecule has 6 nitrogen and oxygen atoms in total. The average Bonchev–Trinajstić information content (AvgIpc) is 2.71. The Balaban J connectivity index is 2.06. The second kappa shape index (κ2) is 4.84. The molecule has 17 heavy (non-hydrogen) atoms. The molecule has 2 rings (SSSR count). The van der Waals surface area contributed by atoms with E-state index in [1.165, 1.54) is 7.11 Å². The van der Waals surface area contributed by atoms with Gasteiger partial charge in [-0.25, -0.2) is 9.78 Å². The van der Waals surface area contributed by atoms with Crippen LogP contribution in [0.25, 0.3) is 11.0 Å². The largest absolute Gasteiger partial charge is 0.463 e. The van der Waals surface area contributed by atoms with Crippen LogP contribution in [0.3, 0.4) is 0 Å². The highest BCUT2D eigenvalue weighted by molar-refractivity contribution is 5.74. The first-order valence-electron chi connectivity index (χ1n) is 5.19. The molecule has 0 aliphatic carbocycles. The summed E-state index contributed by atoms with van der Waals surface area (Å²) in [6, 6.07) is 7.66. The molecule has 0 aliphatic heterocycles. The zero-order valence-corrected chi connectivity index (χ0v) is 9.38. The van der Waals surface area contributed by atoms with Gasteiger partial charge in [0, 0.05) is 6.42 Å². The normalized spacial score (nSPS) is 10.6. The van der Waals surface area contributed by atoms with Crippen LogP contribution in [0.15, 0.2) is 24.3 Å². The van der Waals surface area contributed by atoms with Gasteiger partial charge in [0.1, 0.15) is 5.82 Å². The van der Waals surface area contributed by atoms with Crippen molar-refractivity contribution in [1.82, 2.24) is 15.0 Å². The number of hydrogen-bond acceptors (Lipinski definition) is 3. The summed E-state index contributed by atoms with van der Waals surface area (Å²) in [7, 11) is 1.33. The van der Waals surface area contributed by atoms with Gasteiger partial charge in [-0.05, 0) is 12.1 Å². The maximum Gasteiger partial charge on any atom is 0.431 e. The second-order valence-corrected chi connectivity index (χ2v) is 3.52. The van der Waals surface area contributed by atoms with E-state index in [4.69, 9.17) is 9.94 Å². The van der Waals surface area contributed by atoms with E-state index in [2.05, 4.69) is 9.97 Å². The molecule has 2 N–H and O–H groups in total. The number of carbonyl (C=O) groups is 1. The fourth-order valence-electron chi connectivity index (χ4n) is 1.60. The standard InChI is InChI=1S/C11H13N3O3/c1-17-14(11(15)16)7-6-10-12-8-4-2-3-5-9(8)13-10/h2-5H,6-7H2,1H3,(H,12,13)(H,15,16). The summed E-state index contributed by atoms with van der Waals surface area (Å²) in [5.74, 6) is 0.745. The third-order valence-electron chi connectivity index (χ3n) is 2.42. The molecule has 1 aromatic carbocycles. The number of nitrogens with one attached hydrogen (secondary N) is 1. The number of carboxylic acid groups (broad SMARTS) is 1. The first-order chi connectivity index (χ1) is 8.20. The van der Waals surface area contributed by atoms with Crippen LogP contribution in [-0.2, 0) is 11.3 Å². The monoisotopic (exact) mass is 235 g/mol. The third-order valence-corrected chi connectivity index (χ3v) is 2.42. The average molecular weight is 235 g/mol. The highest BCUT2D eigenvalue weighted by Crippen LogP contribution is 2.10. The summed E-state index contributed by atoms with van der Waals surface area (Å²) in [4.78, 5) is 22.9. The number of para-hydroxylation sites is 2. The first-order valence-corrected chi connectivity index (χ1v) is 5.19. The van der Waals surface area contributed by atoms with Gasteiger partial charge >= 0.3 is 6.09 Å². The summed E-state index contributed by atoms with van der Waals surface area (Å²) in [5.41, 5.74) is 1.82. The SMILES string of the molecule is CON(CCc1nc2ccccc2[nH]1)C(=O)O. The van der Waals surface area contributed by atoms with Crippen molar-refractivity contribution in [2.24, 2.45) is 0 Å². The van der Waals surface area contributed by atoms with Gasteiger partial charge in [-0.2, -0.15) is 5.06 Å². The lowest BCUT2D eigenvalue weighted by atomic mass is 10.3. The van der Waals surface area contributed by atoms with Crippen LogP contribution in [0.5, 0.6) is 0 Å². The minimum Gasteiger partial charge on any atom is -0.463 e. The molecule has 0 bridgehead atoms. The van der Waals surface area contributed by atoms with Crippen LogP contribution in [0.1, 0.15) is 5.82 Å². The van der Waals surface area contributed by atoms with E-state index < -0.39 is 6.09 Å². The number of aromatic amines is 1. The number of imidazole rings is 1. The lowest BCUT2D eigenvalue weighted by molar-refractivity contribution is -0.101. The summed E-state index contributed by atoms with van der Waals surface area (Å²) in [6.07, 6.45) is -0.627. The van der Waals surface area contributed by atoms with Crippen LogP contribution in [-0.4, -0.2) is 39.9 Å². The Morgan fingerprint density at radius 2 is 2.29 bits per heavy atom. The van der Waals surface area contributed by atoms with Gasteiger partial charge < -0.3 is 10.1 Å². The molecular formula is C11H13N3O3. The number of benzene rings is 1. The number of rotatable bonds is 4. The molecule has 0 aliphatic rings. The molecule has 0 unspecified atom stereocenters. The van der Waals surface area contributed by atoms with Gasteiger partial charge in [-0.1, -0.05) is 12.1 Å². The van der Waals surface area contributed by atoms with Crippen molar-refractivity contribution in [3.63, 3.8) is 0 Å². The molecular weight excluding hydrogens is 222 g/mol. The molecule has 1 heterocycles. The van der Waals surface area contributed by atoms with Crippen molar-refractivity contribution in [2.45, 2.75) is 6.42 Å². The van der Waals surface area contributed by atoms with Crippen LogP contribution in [0.2, 0.25) is 0 Å². The quantitative estimate of drug-likeness (QED) is 0.790. The lowest BCUT2D eigenvalue weighted by Crippen LogP contribution is -2.30. The molecule has 0 fully saturated rings. The summed E-state index contributed by atoms with van der Waals surface area (Å²) >= 11 is 0. The minimum absolute atomic E-state index is 0.242.